The zero-order valence-electron chi connectivity index (χ0n) is 11.3. The van der Waals surface area contributed by atoms with Gasteiger partial charge in [-0.2, -0.15) is 0 Å². The van der Waals surface area contributed by atoms with Crippen LogP contribution in [0.25, 0.3) is 0 Å². The number of nitrogens with one attached hydrogen (secondary N) is 1. The number of anilines is 2. The van der Waals surface area contributed by atoms with Gasteiger partial charge in [0.2, 0.25) is 5.91 Å². The van der Waals surface area contributed by atoms with E-state index in [0.717, 1.165) is 23.7 Å². The van der Waals surface area contributed by atoms with E-state index in [1.165, 1.54) is 32.1 Å². The summed E-state index contributed by atoms with van der Waals surface area (Å²) in [6, 6.07) is 5.68. The molecular formula is C15H23N3O. The second kappa shape index (κ2) is 6.45. The molecule has 0 saturated heterocycles. The molecule has 104 valence electrons. The van der Waals surface area contributed by atoms with Crippen molar-refractivity contribution in [3.63, 3.8) is 0 Å². The molecule has 19 heavy (non-hydrogen) atoms. The number of carbonyl (C=O) groups excluding carboxylic acids is 1. The molecular weight excluding hydrogens is 238 g/mol. The molecule has 4 nitrogen and oxygen atoms in total. The van der Waals surface area contributed by atoms with E-state index in [4.69, 9.17) is 11.5 Å². The van der Waals surface area contributed by atoms with E-state index in [9.17, 15) is 4.79 Å². The Morgan fingerprint density at radius 3 is 2.63 bits per heavy atom. The minimum atomic E-state index is -0.331. The van der Waals surface area contributed by atoms with Gasteiger partial charge < -0.3 is 16.8 Å². The van der Waals surface area contributed by atoms with Crippen LogP contribution in [0.15, 0.2) is 18.2 Å². The van der Waals surface area contributed by atoms with Crippen LogP contribution < -0.4 is 16.8 Å². The summed E-state index contributed by atoms with van der Waals surface area (Å²) in [5.74, 6) is 0.431. The molecule has 0 atom stereocenters. The van der Waals surface area contributed by atoms with Gasteiger partial charge in [-0.15, -0.1) is 0 Å². The maximum Gasteiger partial charge on any atom is 0.221 e. The first kappa shape index (κ1) is 13.7. The summed E-state index contributed by atoms with van der Waals surface area (Å²) in [5, 5.41) is 3.42. The Balaban J connectivity index is 1.91. The molecule has 1 aliphatic carbocycles. The molecule has 0 aliphatic heterocycles. The normalized spacial score (nSPS) is 16.2. The highest BCUT2D eigenvalue weighted by Gasteiger charge is 2.13. The van der Waals surface area contributed by atoms with Crippen LogP contribution in [-0.4, -0.2) is 12.5 Å². The van der Waals surface area contributed by atoms with E-state index >= 15 is 0 Å². The van der Waals surface area contributed by atoms with Crippen LogP contribution in [-0.2, 0) is 11.2 Å². The summed E-state index contributed by atoms with van der Waals surface area (Å²) in [7, 11) is 0. The third kappa shape index (κ3) is 4.16. The van der Waals surface area contributed by atoms with Gasteiger partial charge in [0.05, 0.1) is 17.8 Å². The Morgan fingerprint density at radius 2 is 2.00 bits per heavy atom. The molecule has 1 saturated carbocycles. The van der Waals surface area contributed by atoms with E-state index in [0.29, 0.717) is 5.69 Å². The van der Waals surface area contributed by atoms with E-state index in [2.05, 4.69) is 5.32 Å². The highest BCUT2D eigenvalue weighted by Crippen LogP contribution is 2.26. The van der Waals surface area contributed by atoms with Crippen molar-refractivity contribution in [3.05, 3.63) is 23.8 Å². The predicted octanol–water partition coefficient (Wildman–Crippen LogP) is 2.29. The standard InChI is InChI=1S/C15H23N3O/c16-13-8-12(9-15(17)19)6-7-14(13)18-10-11-4-2-1-3-5-11/h6-8,11,18H,1-5,9-10,16H2,(H2,17,19). The Bertz CT molecular complexity index is 439. The summed E-state index contributed by atoms with van der Waals surface area (Å²) < 4.78 is 0. The van der Waals surface area contributed by atoms with Gasteiger partial charge in [-0.05, 0) is 36.5 Å². The van der Waals surface area contributed by atoms with Crippen LogP contribution in [0, 0.1) is 5.92 Å². The Hall–Kier alpha value is -1.71. The molecule has 1 aromatic carbocycles. The maximum atomic E-state index is 10.9. The molecule has 1 fully saturated rings. The molecule has 0 heterocycles. The van der Waals surface area contributed by atoms with Crippen LogP contribution >= 0.6 is 0 Å². The lowest BCUT2D eigenvalue weighted by molar-refractivity contribution is -0.117. The van der Waals surface area contributed by atoms with Crippen molar-refractivity contribution in [2.45, 2.75) is 38.5 Å². The fourth-order valence-electron chi connectivity index (χ4n) is 2.73. The average Bonchev–Trinajstić information content (AvgIpc) is 2.38. The van der Waals surface area contributed by atoms with Crippen LogP contribution in [0.4, 0.5) is 11.4 Å². The number of hydrogen-bond acceptors (Lipinski definition) is 3. The number of benzene rings is 1. The SMILES string of the molecule is NC(=O)Cc1ccc(NCC2CCCCC2)c(N)c1. The van der Waals surface area contributed by atoms with Gasteiger partial charge in [0.1, 0.15) is 0 Å². The summed E-state index contributed by atoms with van der Waals surface area (Å²) in [6.07, 6.45) is 6.94. The van der Waals surface area contributed by atoms with Crippen LogP contribution in [0.5, 0.6) is 0 Å². The van der Waals surface area contributed by atoms with Crippen molar-refractivity contribution in [1.82, 2.24) is 0 Å². The molecule has 1 amide bonds. The first-order chi connectivity index (χ1) is 9.15. The highest BCUT2D eigenvalue weighted by molar-refractivity contribution is 5.78. The number of nitrogen functional groups attached to an aromatic ring is 1. The number of carbonyl (C=O) groups is 1. The van der Waals surface area contributed by atoms with Gasteiger partial charge >= 0.3 is 0 Å². The molecule has 0 bridgehead atoms. The molecule has 5 N–H and O–H groups in total. The molecule has 0 spiro atoms. The van der Waals surface area contributed by atoms with Gasteiger partial charge in [-0.25, -0.2) is 0 Å². The maximum absolute atomic E-state index is 10.9. The zero-order valence-corrected chi connectivity index (χ0v) is 11.3. The smallest absolute Gasteiger partial charge is 0.221 e. The molecule has 2 rings (SSSR count). The predicted molar refractivity (Wildman–Crippen MR) is 78.8 cm³/mol. The van der Waals surface area contributed by atoms with Gasteiger partial charge in [0.25, 0.3) is 0 Å². The molecule has 0 aromatic heterocycles. The van der Waals surface area contributed by atoms with Gasteiger partial charge in [0.15, 0.2) is 0 Å². The lowest BCUT2D eigenvalue weighted by Crippen LogP contribution is -2.18. The largest absolute Gasteiger partial charge is 0.397 e. The first-order valence-corrected chi connectivity index (χ1v) is 7.05. The lowest BCUT2D eigenvalue weighted by Gasteiger charge is -2.22. The van der Waals surface area contributed by atoms with Crippen molar-refractivity contribution in [1.29, 1.82) is 0 Å². The second-order valence-electron chi connectivity index (χ2n) is 5.45. The van der Waals surface area contributed by atoms with E-state index in [-0.39, 0.29) is 12.3 Å². The third-order valence-electron chi connectivity index (χ3n) is 3.80. The fourth-order valence-corrected chi connectivity index (χ4v) is 2.73. The Morgan fingerprint density at radius 1 is 1.26 bits per heavy atom. The summed E-state index contributed by atoms with van der Waals surface area (Å²) in [4.78, 5) is 10.9. The van der Waals surface area contributed by atoms with Gasteiger partial charge in [0, 0.05) is 6.54 Å². The number of primary amides is 1. The third-order valence-corrected chi connectivity index (χ3v) is 3.80. The van der Waals surface area contributed by atoms with Gasteiger partial charge in [-0.3, -0.25) is 4.79 Å². The molecule has 0 radical (unpaired) electrons. The van der Waals surface area contributed by atoms with E-state index < -0.39 is 0 Å². The van der Waals surface area contributed by atoms with E-state index in [1.807, 2.05) is 18.2 Å². The number of amides is 1. The van der Waals surface area contributed by atoms with Crippen molar-refractivity contribution in [2.24, 2.45) is 11.7 Å². The zero-order chi connectivity index (χ0) is 13.7. The first-order valence-electron chi connectivity index (χ1n) is 7.05. The van der Waals surface area contributed by atoms with Crippen LogP contribution in [0.2, 0.25) is 0 Å². The summed E-state index contributed by atoms with van der Waals surface area (Å²) in [6.45, 7) is 0.985. The summed E-state index contributed by atoms with van der Waals surface area (Å²) in [5.41, 5.74) is 13.7. The van der Waals surface area contributed by atoms with Crippen molar-refractivity contribution in [3.8, 4) is 0 Å². The van der Waals surface area contributed by atoms with Crippen LogP contribution in [0.1, 0.15) is 37.7 Å². The molecule has 4 heteroatoms. The van der Waals surface area contributed by atoms with Crippen molar-refractivity contribution < 1.29 is 4.79 Å². The number of hydrogen-bond donors (Lipinski definition) is 3. The van der Waals surface area contributed by atoms with Crippen molar-refractivity contribution >= 4 is 17.3 Å². The highest BCUT2D eigenvalue weighted by atomic mass is 16.1. The van der Waals surface area contributed by atoms with E-state index in [1.54, 1.807) is 0 Å². The fraction of sp³-hybridized carbons (Fsp3) is 0.533. The van der Waals surface area contributed by atoms with Crippen molar-refractivity contribution in [2.75, 3.05) is 17.6 Å². The van der Waals surface area contributed by atoms with Crippen LogP contribution in [0.3, 0.4) is 0 Å². The molecule has 0 unspecified atom stereocenters. The monoisotopic (exact) mass is 261 g/mol. The Kier molecular flexibility index (Phi) is 4.66. The quantitative estimate of drug-likeness (QED) is 0.711. The minimum Gasteiger partial charge on any atom is -0.397 e. The Labute approximate surface area is 114 Å². The average molecular weight is 261 g/mol. The lowest BCUT2D eigenvalue weighted by atomic mass is 9.89. The minimum absolute atomic E-state index is 0.243. The second-order valence-corrected chi connectivity index (χ2v) is 5.45. The van der Waals surface area contributed by atoms with Gasteiger partial charge in [-0.1, -0.05) is 25.3 Å². The summed E-state index contributed by atoms with van der Waals surface area (Å²) >= 11 is 0. The topological polar surface area (TPSA) is 81.1 Å². The number of rotatable bonds is 5. The molecule has 1 aromatic rings. The molecule has 1 aliphatic rings. The number of nitrogens with two attached hydrogens (primary N) is 2.